The maximum absolute atomic E-state index is 12.6. The quantitative estimate of drug-likeness (QED) is 0.831. The van der Waals surface area contributed by atoms with Crippen LogP contribution in [0.1, 0.15) is 35.1 Å². The van der Waals surface area contributed by atoms with Crippen molar-refractivity contribution >= 4 is 5.82 Å². The lowest BCUT2D eigenvalue weighted by molar-refractivity contribution is 0.136. The fraction of sp³-hybridized carbons (Fsp3) is 0.565. The highest BCUT2D eigenvalue weighted by Crippen LogP contribution is 2.24. The van der Waals surface area contributed by atoms with E-state index >= 15 is 0 Å². The molecule has 7 heteroatoms. The molecule has 1 aromatic carbocycles. The summed E-state index contributed by atoms with van der Waals surface area (Å²) < 4.78 is 2.75. The van der Waals surface area contributed by atoms with Crippen molar-refractivity contribution < 1.29 is 0 Å². The van der Waals surface area contributed by atoms with Crippen molar-refractivity contribution in [2.45, 2.75) is 39.8 Å². The number of benzene rings is 1. The number of piperidine rings is 1. The van der Waals surface area contributed by atoms with E-state index in [0.29, 0.717) is 30.5 Å². The van der Waals surface area contributed by atoms with Gasteiger partial charge in [0.2, 0.25) is 0 Å². The zero-order valence-electron chi connectivity index (χ0n) is 18.6. The van der Waals surface area contributed by atoms with Gasteiger partial charge in [0.25, 0.3) is 5.56 Å². The van der Waals surface area contributed by atoms with Crippen LogP contribution in [0.5, 0.6) is 0 Å². The molecule has 1 N–H and O–H groups in total. The molecule has 0 spiro atoms. The molecule has 2 aliphatic heterocycles. The molecule has 0 bridgehead atoms. The van der Waals surface area contributed by atoms with Crippen LogP contribution in [0, 0.1) is 19.8 Å². The van der Waals surface area contributed by atoms with Gasteiger partial charge in [-0.3, -0.25) is 23.7 Å². The number of likely N-dealkylation sites (tertiary alicyclic amines) is 1. The predicted molar refractivity (Wildman–Crippen MR) is 120 cm³/mol. The molecule has 7 nitrogen and oxygen atoms in total. The van der Waals surface area contributed by atoms with Gasteiger partial charge in [0.15, 0.2) is 0 Å². The number of nitrogens with zero attached hydrogens (tertiary/aromatic N) is 4. The van der Waals surface area contributed by atoms with E-state index in [1.54, 1.807) is 18.7 Å². The molecule has 30 heavy (non-hydrogen) atoms. The second-order valence-corrected chi connectivity index (χ2v) is 9.03. The smallest absolute Gasteiger partial charge is 0.332 e. The van der Waals surface area contributed by atoms with Crippen LogP contribution in [0.25, 0.3) is 0 Å². The molecule has 0 amide bonds. The average Bonchev–Trinajstić information content (AvgIpc) is 2.74. The van der Waals surface area contributed by atoms with Gasteiger partial charge >= 0.3 is 5.69 Å². The summed E-state index contributed by atoms with van der Waals surface area (Å²) in [5.41, 5.74) is 4.36. The summed E-state index contributed by atoms with van der Waals surface area (Å²) in [6, 6.07) is 6.71. The summed E-state index contributed by atoms with van der Waals surface area (Å²) in [6.07, 6.45) is 2.36. The molecule has 0 saturated carbocycles. The van der Waals surface area contributed by atoms with Crippen molar-refractivity contribution in [3.8, 4) is 0 Å². The van der Waals surface area contributed by atoms with Gasteiger partial charge in [-0.15, -0.1) is 0 Å². The highest BCUT2D eigenvalue weighted by Gasteiger charge is 2.26. The summed E-state index contributed by atoms with van der Waals surface area (Å²) in [6.45, 7) is 9.88. The topological polar surface area (TPSA) is 62.5 Å². The van der Waals surface area contributed by atoms with Crippen LogP contribution >= 0.6 is 0 Å². The molecule has 1 fully saturated rings. The van der Waals surface area contributed by atoms with Crippen LogP contribution in [0.2, 0.25) is 0 Å². The molecule has 0 atom stereocenters. The van der Waals surface area contributed by atoms with Crippen LogP contribution in [-0.4, -0.2) is 45.2 Å². The van der Waals surface area contributed by atoms with E-state index in [-0.39, 0.29) is 11.2 Å². The van der Waals surface area contributed by atoms with Gasteiger partial charge in [0.1, 0.15) is 5.82 Å². The number of anilines is 1. The number of aryl methyl sites for hydroxylation is 2. The third kappa shape index (κ3) is 4.09. The van der Waals surface area contributed by atoms with Crippen LogP contribution in [-0.2, 0) is 27.2 Å². The maximum Gasteiger partial charge on any atom is 0.332 e. The molecule has 2 aromatic rings. The zero-order valence-corrected chi connectivity index (χ0v) is 18.6. The van der Waals surface area contributed by atoms with Crippen molar-refractivity contribution in [2.75, 3.05) is 31.6 Å². The fourth-order valence-corrected chi connectivity index (χ4v) is 4.78. The Morgan fingerprint density at radius 3 is 2.50 bits per heavy atom. The third-order valence-electron chi connectivity index (χ3n) is 6.73. The first-order valence-electron chi connectivity index (χ1n) is 10.9. The molecule has 3 heterocycles. The monoisotopic (exact) mass is 411 g/mol. The van der Waals surface area contributed by atoms with Gasteiger partial charge in [-0.25, -0.2) is 4.79 Å². The van der Waals surface area contributed by atoms with Gasteiger partial charge < -0.3 is 5.32 Å². The standard InChI is InChI=1S/C23H33N5O2/c1-16-5-6-17(2)19(11-16)13-27-9-7-18(8-10-27)12-28-14-20-21(24-15-28)25(3)23(30)26(4)22(20)29/h5-6,11,18,24H,7-10,12-15H2,1-4H3. The predicted octanol–water partition coefficient (Wildman–Crippen LogP) is 1.80. The molecule has 0 unspecified atom stereocenters. The average molecular weight is 412 g/mol. The van der Waals surface area contributed by atoms with Crippen LogP contribution in [0.3, 0.4) is 0 Å². The lowest BCUT2D eigenvalue weighted by Gasteiger charge is -2.37. The van der Waals surface area contributed by atoms with E-state index in [9.17, 15) is 9.59 Å². The Labute approximate surface area is 177 Å². The lowest BCUT2D eigenvalue weighted by Crippen LogP contribution is -2.47. The number of hydrogen-bond acceptors (Lipinski definition) is 5. The van der Waals surface area contributed by atoms with Crippen LogP contribution in [0.15, 0.2) is 27.8 Å². The Balaban J connectivity index is 1.35. The van der Waals surface area contributed by atoms with Gasteiger partial charge in [-0.2, -0.15) is 0 Å². The van der Waals surface area contributed by atoms with E-state index in [1.807, 2.05) is 0 Å². The molecule has 162 valence electrons. The van der Waals surface area contributed by atoms with Crippen molar-refractivity contribution in [1.82, 2.24) is 18.9 Å². The van der Waals surface area contributed by atoms with Gasteiger partial charge in [0, 0.05) is 33.7 Å². The minimum atomic E-state index is -0.282. The Morgan fingerprint density at radius 2 is 1.77 bits per heavy atom. The summed E-state index contributed by atoms with van der Waals surface area (Å²) in [7, 11) is 3.27. The van der Waals surface area contributed by atoms with E-state index < -0.39 is 0 Å². The van der Waals surface area contributed by atoms with E-state index in [2.05, 4.69) is 47.2 Å². The Hall–Kier alpha value is -2.38. The Kier molecular flexibility index (Phi) is 5.84. The highest BCUT2D eigenvalue weighted by molar-refractivity contribution is 5.45. The molecule has 1 aromatic heterocycles. The zero-order chi connectivity index (χ0) is 21.4. The number of hydrogen-bond donors (Lipinski definition) is 1. The Bertz CT molecular complexity index is 1050. The molecule has 0 aliphatic carbocycles. The van der Waals surface area contributed by atoms with Gasteiger partial charge in [0.05, 0.1) is 12.2 Å². The maximum atomic E-state index is 12.6. The summed E-state index contributed by atoms with van der Waals surface area (Å²) in [5.74, 6) is 1.31. The first-order valence-corrected chi connectivity index (χ1v) is 10.9. The second kappa shape index (κ2) is 8.40. The largest absolute Gasteiger partial charge is 0.358 e. The van der Waals surface area contributed by atoms with Crippen molar-refractivity contribution in [3.05, 3.63) is 61.3 Å². The Morgan fingerprint density at radius 1 is 1.03 bits per heavy atom. The summed E-state index contributed by atoms with van der Waals surface area (Å²) in [5, 5.41) is 3.30. The summed E-state index contributed by atoms with van der Waals surface area (Å²) >= 11 is 0. The number of fused-ring (bicyclic) bond motifs is 1. The van der Waals surface area contributed by atoms with Gasteiger partial charge in [-0.1, -0.05) is 23.8 Å². The minimum Gasteiger partial charge on any atom is -0.358 e. The second-order valence-electron chi connectivity index (χ2n) is 9.03. The lowest BCUT2D eigenvalue weighted by atomic mass is 9.95. The van der Waals surface area contributed by atoms with Gasteiger partial charge in [-0.05, 0) is 56.8 Å². The number of rotatable bonds is 4. The molecular weight excluding hydrogens is 378 g/mol. The highest BCUT2D eigenvalue weighted by atomic mass is 16.2. The molecular formula is C23H33N5O2. The molecule has 1 saturated heterocycles. The minimum absolute atomic E-state index is 0.186. The van der Waals surface area contributed by atoms with Crippen molar-refractivity contribution in [2.24, 2.45) is 20.0 Å². The van der Waals surface area contributed by atoms with E-state index in [0.717, 1.165) is 26.2 Å². The van der Waals surface area contributed by atoms with Crippen LogP contribution < -0.4 is 16.6 Å². The third-order valence-corrected chi connectivity index (χ3v) is 6.73. The van der Waals surface area contributed by atoms with Crippen molar-refractivity contribution in [3.63, 3.8) is 0 Å². The van der Waals surface area contributed by atoms with Crippen molar-refractivity contribution in [1.29, 1.82) is 0 Å². The van der Waals surface area contributed by atoms with Crippen LogP contribution in [0.4, 0.5) is 5.82 Å². The molecule has 4 rings (SSSR count). The first-order chi connectivity index (χ1) is 14.3. The first kappa shape index (κ1) is 20.9. The SMILES string of the molecule is Cc1ccc(C)c(CN2CCC(CN3CNc4c(c(=O)n(C)c(=O)n4C)C3)CC2)c1. The van der Waals surface area contributed by atoms with E-state index in [4.69, 9.17) is 0 Å². The number of nitrogens with one attached hydrogen (secondary N) is 1. The number of aromatic nitrogens is 2. The molecule has 0 radical (unpaired) electrons. The fourth-order valence-electron chi connectivity index (χ4n) is 4.78. The summed E-state index contributed by atoms with van der Waals surface area (Å²) in [4.78, 5) is 29.6. The molecule has 2 aliphatic rings. The normalized spacial score (nSPS) is 18.3. The van der Waals surface area contributed by atoms with E-state index in [1.165, 1.54) is 34.1 Å².